The first-order chi connectivity index (χ1) is 16.3. The van der Waals surface area contributed by atoms with Crippen LogP contribution in [0, 0.1) is 0 Å². The Hall–Kier alpha value is -3.12. The molecule has 0 spiro atoms. The number of rotatable bonds is 5. The van der Waals surface area contributed by atoms with Gasteiger partial charge >= 0.3 is 6.36 Å². The molecule has 12 heteroatoms. The standard InChI is InChI=1S/C22H26F3N7O2/c23-22(24,25)34-16-7-5-14(6-8-16)28-18-17-20(31-21(27)30-18)32(15-9-10-33-11-15)19(29-17)12-1-3-13(26)4-2-12/h5-8,12-13,15H,1-4,9-11,26H2,(H3,27,28,30,31). The molecule has 1 aliphatic carbocycles. The summed E-state index contributed by atoms with van der Waals surface area (Å²) in [6.07, 6.45) is -0.175. The zero-order valence-corrected chi connectivity index (χ0v) is 18.4. The Bertz CT molecular complexity index is 1150. The Balaban J connectivity index is 1.52. The van der Waals surface area contributed by atoms with Gasteiger partial charge in [-0.1, -0.05) is 0 Å². The molecule has 1 atom stereocenters. The van der Waals surface area contributed by atoms with Crippen LogP contribution in [0.15, 0.2) is 24.3 Å². The molecule has 0 amide bonds. The van der Waals surface area contributed by atoms with Crippen LogP contribution in [-0.4, -0.2) is 45.1 Å². The maximum atomic E-state index is 12.5. The van der Waals surface area contributed by atoms with Gasteiger partial charge in [-0.3, -0.25) is 0 Å². The van der Waals surface area contributed by atoms with E-state index in [-0.39, 0.29) is 29.7 Å². The highest BCUT2D eigenvalue weighted by Crippen LogP contribution is 2.38. The average Bonchev–Trinajstić information content (AvgIpc) is 3.42. The number of alkyl halides is 3. The number of anilines is 3. The highest BCUT2D eigenvalue weighted by atomic mass is 19.4. The van der Waals surface area contributed by atoms with E-state index in [9.17, 15) is 13.2 Å². The SMILES string of the molecule is Nc1nc(Nc2ccc(OC(F)(F)F)cc2)c2nc(C3CCC(N)CC3)n(C3CCOC3)c2n1. The van der Waals surface area contributed by atoms with Crippen LogP contribution in [0.1, 0.15) is 49.9 Å². The minimum atomic E-state index is -4.75. The third-order valence-electron chi connectivity index (χ3n) is 6.34. The summed E-state index contributed by atoms with van der Waals surface area (Å²) in [5.74, 6) is 1.31. The number of ether oxygens (including phenoxy) is 2. The molecule has 2 aromatic heterocycles. The quantitative estimate of drug-likeness (QED) is 0.504. The van der Waals surface area contributed by atoms with Gasteiger partial charge in [-0.2, -0.15) is 9.97 Å². The van der Waals surface area contributed by atoms with Gasteiger partial charge in [0.05, 0.1) is 12.6 Å². The lowest BCUT2D eigenvalue weighted by Gasteiger charge is -2.27. The number of nitrogen functional groups attached to an aromatic ring is 1. The number of fused-ring (bicyclic) bond motifs is 1. The van der Waals surface area contributed by atoms with Gasteiger partial charge in [0.2, 0.25) is 5.95 Å². The number of hydrogen-bond acceptors (Lipinski definition) is 8. The topological polar surface area (TPSA) is 126 Å². The van der Waals surface area contributed by atoms with Crippen LogP contribution in [0.2, 0.25) is 0 Å². The normalized spacial score (nSPS) is 23.4. The molecular weight excluding hydrogens is 451 g/mol. The van der Waals surface area contributed by atoms with E-state index in [0.717, 1.165) is 37.9 Å². The van der Waals surface area contributed by atoms with Crippen LogP contribution in [0.25, 0.3) is 11.2 Å². The highest BCUT2D eigenvalue weighted by molar-refractivity contribution is 5.87. The van der Waals surface area contributed by atoms with Gasteiger partial charge in [0.1, 0.15) is 11.6 Å². The molecule has 3 aromatic rings. The number of imidazole rings is 1. The van der Waals surface area contributed by atoms with E-state index in [1.807, 2.05) is 0 Å². The van der Waals surface area contributed by atoms with Gasteiger partial charge in [-0.15, -0.1) is 13.2 Å². The van der Waals surface area contributed by atoms with Crippen molar-refractivity contribution in [3.63, 3.8) is 0 Å². The van der Waals surface area contributed by atoms with E-state index in [0.29, 0.717) is 35.9 Å². The summed E-state index contributed by atoms with van der Waals surface area (Å²) >= 11 is 0. The second-order valence-electron chi connectivity index (χ2n) is 8.77. The molecule has 1 saturated heterocycles. The number of nitrogens with two attached hydrogens (primary N) is 2. The average molecular weight is 477 g/mol. The summed E-state index contributed by atoms with van der Waals surface area (Å²) < 4.78 is 49.1. The molecule has 34 heavy (non-hydrogen) atoms. The van der Waals surface area contributed by atoms with Gasteiger partial charge < -0.3 is 30.8 Å². The van der Waals surface area contributed by atoms with Crippen LogP contribution < -0.4 is 21.5 Å². The van der Waals surface area contributed by atoms with Gasteiger partial charge in [0, 0.05) is 24.3 Å². The molecule has 0 radical (unpaired) electrons. The summed E-state index contributed by atoms with van der Waals surface area (Å²) in [5.41, 5.74) is 13.9. The molecular formula is C22H26F3N7O2. The van der Waals surface area contributed by atoms with Gasteiger partial charge in [0.15, 0.2) is 17.0 Å². The minimum absolute atomic E-state index is 0.0734. The van der Waals surface area contributed by atoms with Gasteiger partial charge in [-0.25, -0.2) is 4.98 Å². The smallest absolute Gasteiger partial charge is 0.406 e. The molecule has 9 nitrogen and oxygen atoms in total. The fourth-order valence-corrected chi connectivity index (χ4v) is 4.72. The number of halogens is 3. The molecule has 2 fully saturated rings. The van der Waals surface area contributed by atoms with E-state index < -0.39 is 6.36 Å². The zero-order chi connectivity index (χ0) is 23.9. The maximum absolute atomic E-state index is 12.5. The summed E-state index contributed by atoms with van der Waals surface area (Å²) in [5, 5.41) is 3.12. The van der Waals surface area contributed by atoms with E-state index >= 15 is 0 Å². The van der Waals surface area contributed by atoms with Crippen molar-refractivity contribution >= 4 is 28.6 Å². The van der Waals surface area contributed by atoms with Crippen molar-refractivity contribution in [2.45, 2.75) is 56.5 Å². The van der Waals surface area contributed by atoms with Crippen molar-refractivity contribution in [1.82, 2.24) is 19.5 Å². The molecule has 1 unspecified atom stereocenters. The molecule has 182 valence electrons. The van der Waals surface area contributed by atoms with Crippen LogP contribution >= 0.6 is 0 Å². The van der Waals surface area contributed by atoms with E-state index in [2.05, 4.69) is 24.6 Å². The minimum Gasteiger partial charge on any atom is -0.406 e. The summed E-state index contributed by atoms with van der Waals surface area (Å²) in [4.78, 5) is 13.8. The van der Waals surface area contributed by atoms with Crippen molar-refractivity contribution in [2.75, 3.05) is 24.3 Å². The Morgan fingerprint density at radius 3 is 2.41 bits per heavy atom. The van der Waals surface area contributed by atoms with Crippen molar-refractivity contribution < 1.29 is 22.6 Å². The molecule has 0 bridgehead atoms. The fraction of sp³-hybridized carbons (Fsp3) is 0.500. The number of nitrogens with one attached hydrogen (secondary N) is 1. The van der Waals surface area contributed by atoms with Gasteiger partial charge in [-0.05, 0) is 56.4 Å². The summed E-state index contributed by atoms with van der Waals surface area (Å²) in [6, 6.07) is 5.69. The lowest BCUT2D eigenvalue weighted by atomic mass is 9.86. The predicted molar refractivity (Wildman–Crippen MR) is 120 cm³/mol. The van der Waals surface area contributed by atoms with Crippen molar-refractivity contribution in [2.24, 2.45) is 5.73 Å². The Morgan fingerprint density at radius 2 is 1.76 bits per heavy atom. The summed E-state index contributed by atoms with van der Waals surface area (Å²) in [7, 11) is 0. The fourth-order valence-electron chi connectivity index (χ4n) is 4.72. The van der Waals surface area contributed by atoms with Crippen LogP contribution in [-0.2, 0) is 4.74 Å². The second kappa shape index (κ2) is 8.91. The number of benzene rings is 1. The third kappa shape index (κ3) is 4.73. The molecule has 2 aliphatic rings. The first kappa shape index (κ1) is 22.7. The predicted octanol–water partition coefficient (Wildman–Crippen LogP) is 4.00. The second-order valence-corrected chi connectivity index (χ2v) is 8.77. The highest BCUT2D eigenvalue weighted by Gasteiger charge is 2.32. The molecule has 5 rings (SSSR count). The molecule has 1 aliphatic heterocycles. The van der Waals surface area contributed by atoms with Crippen molar-refractivity contribution in [3.05, 3.63) is 30.1 Å². The van der Waals surface area contributed by atoms with E-state index in [4.69, 9.17) is 21.2 Å². The number of aromatic nitrogens is 4. The molecule has 3 heterocycles. The largest absolute Gasteiger partial charge is 0.573 e. The van der Waals surface area contributed by atoms with Crippen molar-refractivity contribution in [3.8, 4) is 5.75 Å². The summed E-state index contributed by atoms with van der Waals surface area (Å²) in [6.45, 7) is 1.23. The number of hydrogen-bond donors (Lipinski definition) is 3. The van der Waals surface area contributed by atoms with E-state index in [1.54, 1.807) is 0 Å². The lowest BCUT2D eigenvalue weighted by molar-refractivity contribution is -0.274. The number of nitrogens with zero attached hydrogens (tertiary/aromatic N) is 4. The maximum Gasteiger partial charge on any atom is 0.573 e. The first-order valence-corrected chi connectivity index (χ1v) is 11.3. The Morgan fingerprint density at radius 1 is 1.03 bits per heavy atom. The third-order valence-corrected chi connectivity index (χ3v) is 6.34. The molecule has 1 aromatic carbocycles. The van der Waals surface area contributed by atoms with Crippen LogP contribution in [0.4, 0.5) is 30.6 Å². The molecule has 1 saturated carbocycles. The lowest BCUT2D eigenvalue weighted by Crippen LogP contribution is -2.27. The van der Waals surface area contributed by atoms with Crippen LogP contribution in [0.5, 0.6) is 5.75 Å². The molecule has 5 N–H and O–H groups in total. The Kier molecular flexibility index (Phi) is 5.94. The first-order valence-electron chi connectivity index (χ1n) is 11.3. The van der Waals surface area contributed by atoms with Gasteiger partial charge in [0.25, 0.3) is 0 Å². The van der Waals surface area contributed by atoms with Crippen LogP contribution in [0.3, 0.4) is 0 Å². The zero-order valence-electron chi connectivity index (χ0n) is 18.4. The van der Waals surface area contributed by atoms with Crippen molar-refractivity contribution in [1.29, 1.82) is 0 Å². The monoisotopic (exact) mass is 477 g/mol. The van der Waals surface area contributed by atoms with E-state index in [1.165, 1.54) is 24.3 Å². The Labute approximate surface area is 193 Å².